The third kappa shape index (κ3) is 4.29. The van der Waals surface area contributed by atoms with Gasteiger partial charge >= 0.3 is 6.09 Å². The molecule has 6 nitrogen and oxygen atoms in total. The highest BCUT2D eigenvalue weighted by Crippen LogP contribution is 2.44. The Morgan fingerprint density at radius 3 is 2.31 bits per heavy atom. The second kappa shape index (κ2) is 7.82. The van der Waals surface area contributed by atoms with Crippen molar-refractivity contribution in [2.24, 2.45) is 0 Å². The van der Waals surface area contributed by atoms with Crippen LogP contribution in [0.1, 0.15) is 62.8 Å². The van der Waals surface area contributed by atoms with Gasteiger partial charge in [-0.2, -0.15) is 0 Å². The number of piperidine rings is 1. The van der Waals surface area contributed by atoms with Crippen molar-refractivity contribution in [2.45, 2.75) is 75.6 Å². The quantitative estimate of drug-likeness (QED) is 0.864. The lowest BCUT2D eigenvalue weighted by Crippen LogP contribution is -2.41. The van der Waals surface area contributed by atoms with E-state index in [1.807, 2.05) is 18.5 Å². The molecule has 142 valence electrons. The molecular weight excluding hydrogens is 332 g/mol. The summed E-state index contributed by atoms with van der Waals surface area (Å²) in [6.45, 7) is 1.18. The first-order valence-corrected chi connectivity index (χ1v) is 9.93. The lowest BCUT2D eigenvalue weighted by molar-refractivity contribution is -0.0641. The summed E-state index contributed by atoms with van der Waals surface area (Å²) in [6, 6.07) is 2.01. The maximum atomic E-state index is 11.0. The Morgan fingerprint density at radius 1 is 1.00 bits per heavy atom. The molecule has 3 aliphatic rings. The zero-order valence-electron chi connectivity index (χ0n) is 15.2. The third-order valence-corrected chi connectivity index (χ3v) is 5.84. The molecular formula is C20H28N2O4. The van der Waals surface area contributed by atoms with Crippen molar-refractivity contribution in [3.8, 4) is 5.75 Å². The molecule has 1 amide bonds. The standard InChI is InChI=1S/C20H28N2O4/c23-20(24)22-11-8-17(9-12-22)25-15-3-5-16(6-4-15)26-19-7-10-21-13-18(19)14-1-2-14/h7,10,13-17H,1-6,8-9,11-12H2,(H,23,24). The lowest BCUT2D eigenvalue weighted by Gasteiger charge is -2.35. The van der Waals surface area contributed by atoms with Gasteiger partial charge in [-0.25, -0.2) is 4.79 Å². The maximum absolute atomic E-state index is 11.0. The van der Waals surface area contributed by atoms with Gasteiger partial charge in [0.2, 0.25) is 0 Å². The molecule has 0 spiro atoms. The van der Waals surface area contributed by atoms with Crippen LogP contribution in [0.5, 0.6) is 5.75 Å². The summed E-state index contributed by atoms with van der Waals surface area (Å²) in [6.07, 6.45) is 11.9. The minimum Gasteiger partial charge on any atom is -0.490 e. The van der Waals surface area contributed by atoms with Crippen LogP contribution in [0.3, 0.4) is 0 Å². The summed E-state index contributed by atoms with van der Waals surface area (Å²) in [4.78, 5) is 16.7. The second-order valence-corrected chi connectivity index (χ2v) is 7.81. The molecule has 2 saturated carbocycles. The molecule has 1 aliphatic heterocycles. The fourth-order valence-electron chi connectivity index (χ4n) is 4.12. The SMILES string of the molecule is O=C(O)N1CCC(OC2CCC(Oc3ccncc3C3CC3)CC2)CC1. The number of rotatable bonds is 5. The van der Waals surface area contributed by atoms with Crippen molar-refractivity contribution >= 4 is 6.09 Å². The Labute approximate surface area is 154 Å². The van der Waals surface area contributed by atoms with Crippen LogP contribution in [0.15, 0.2) is 18.5 Å². The summed E-state index contributed by atoms with van der Waals surface area (Å²) < 4.78 is 12.5. The largest absolute Gasteiger partial charge is 0.490 e. The average Bonchev–Trinajstić information content (AvgIpc) is 3.49. The van der Waals surface area contributed by atoms with E-state index in [1.165, 1.54) is 23.3 Å². The minimum absolute atomic E-state index is 0.203. The van der Waals surface area contributed by atoms with E-state index in [2.05, 4.69) is 4.98 Å². The molecule has 0 aromatic carbocycles. The van der Waals surface area contributed by atoms with Gasteiger partial charge in [0, 0.05) is 31.0 Å². The number of ether oxygens (including phenoxy) is 2. The first-order valence-electron chi connectivity index (χ1n) is 9.93. The summed E-state index contributed by atoms with van der Waals surface area (Å²) in [5.74, 6) is 1.67. The van der Waals surface area contributed by atoms with Gasteiger partial charge in [-0.15, -0.1) is 0 Å². The van der Waals surface area contributed by atoms with Gasteiger partial charge in [0.1, 0.15) is 5.75 Å². The van der Waals surface area contributed by atoms with Crippen molar-refractivity contribution in [1.82, 2.24) is 9.88 Å². The Hall–Kier alpha value is -1.82. The molecule has 6 heteroatoms. The highest BCUT2D eigenvalue weighted by atomic mass is 16.5. The van der Waals surface area contributed by atoms with E-state index in [9.17, 15) is 4.79 Å². The van der Waals surface area contributed by atoms with E-state index in [1.54, 1.807) is 0 Å². The molecule has 0 radical (unpaired) electrons. The van der Waals surface area contributed by atoms with E-state index in [0.29, 0.717) is 19.0 Å². The Balaban J connectivity index is 1.22. The van der Waals surface area contributed by atoms with Gasteiger partial charge in [-0.3, -0.25) is 4.98 Å². The van der Waals surface area contributed by atoms with E-state index in [-0.39, 0.29) is 18.3 Å². The molecule has 26 heavy (non-hydrogen) atoms. The van der Waals surface area contributed by atoms with Crippen LogP contribution in [0, 0.1) is 0 Å². The number of nitrogens with zero attached hydrogens (tertiary/aromatic N) is 2. The molecule has 2 heterocycles. The van der Waals surface area contributed by atoms with Crippen LogP contribution < -0.4 is 4.74 Å². The number of amides is 1. The van der Waals surface area contributed by atoms with E-state index >= 15 is 0 Å². The Bertz CT molecular complexity index is 618. The molecule has 3 fully saturated rings. The van der Waals surface area contributed by atoms with Crippen molar-refractivity contribution in [3.05, 3.63) is 24.0 Å². The molecule has 0 unspecified atom stereocenters. The van der Waals surface area contributed by atoms with E-state index < -0.39 is 6.09 Å². The number of likely N-dealkylation sites (tertiary alicyclic amines) is 1. The lowest BCUT2D eigenvalue weighted by atomic mass is 9.94. The third-order valence-electron chi connectivity index (χ3n) is 5.84. The van der Waals surface area contributed by atoms with Crippen LogP contribution in [-0.4, -0.2) is 52.5 Å². The molecule has 0 bridgehead atoms. The summed E-state index contributed by atoms with van der Waals surface area (Å²) in [7, 11) is 0. The van der Waals surface area contributed by atoms with E-state index in [4.69, 9.17) is 14.6 Å². The number of carbonyl (C=O) groups is 1. The van der Waals surface area contributed by atoms with Crippen molar-refractivity contribution in [2.75, 3.05) is 13.1 Å². The minimum atomic E-state index is -0.817. The highest BCUT2D eigenvalue weighted by Gasteiger charge is 2.30. The highest BCUT2D eigenvalue weighted by molar-refractivity contribution is 5.65. The molecule has 1 aromatic rings. The first kappa shape index (κ1) is 17.6. The predicted octanol–water partition coefficient (Wildman–Crippen LogP) is 3.81. The number of aromatic nitrogens is 1. The second-order valence-electron chi connectivity index (χ2n) is 7.81. The van der Waals surface area contributed by atoms with Crippen molar-refractivity contribution < 1.29 is 19.4 Å². The summed E-state index contributed by atoms with van der Waals surface area (Å²) >= 11 is 0. The fourth-order valence-corrected chi connectivity index (χ4v) is 4.12. The zero-order valence-corrected chi connectivity index (χ0v) is 15.2. The number of hydrogen-bond donors (Lipinski definition) is 1. The maximum Gasteiger partial charge on any atom is 0.407 e. The number of carboxylic acid groups (broad SMARTS) is 1. The first-order chi connectivity index (χ1) is 12.7. The predicted molar refractivity (Wildman–Crippen MR) is 96.6 cm³/mol. The van der Waals surface area contributed by atoms with E-state index in [0.717, 1.165) is 44.3 Å². The molecule has 4 rings (SSSR count). The van der Waals surface area contributed by atoms with Crippen LogP contribution in [0.2, 0.25) is 0 Å². The normalized spacial score (nSPS) is 27.3. The summed E-state index contributed by atoms with van der Waals surface area (Å²) in [5.41, 5.74) is 1.27. The molecule has 1 saturated heterocycles. The fraction of sp³-hybridized carbons (Fsp3) is 0.700. The summed E-state index contributed by atoms with van der Waals surface area (Å²) in [5, 5.41) is 9.02. The molecule has 1 aromatic heterocycles. The van der Waals surface area contributed by atoms with Crippen LogP contribution >= 0.6 is 0 Å². The molecule has 1 N–H and O–H groups in total. The Morgan fingerprint density at radius 2 is 1.65 bits per heavy atom. The zero-order chi connectivity index (χ0) is 17.9. The molecule has 2 aliphatic carbocycles. The smallest absolute Gasteiger partial charge is 0.407 e. The van der Waals surface area contributed by atoms with Gasteiger partial charge in [0.25, 0.3) is 0 Å². The van der Waals surface area contributed by atoms with Crippen molar-refractivity contribution in [3.63, 3.8) is 0 Å². The van der Waals surface area contributed by atoms with Gasteiger partial charge in [0.15, 0.2) is 0 Å². The van der Waals surface area contributed by atoms with Crippen LogP contribution in [-0.2, 0) is 4.74 Å². The van der Waals surface area contributed by atoms with Crippen LogP contribution in [0.25, 0.3) is 0 Å². The van der Waals surface area contributed by atoms with Crippen molar-refractivity contribution in [1.29, 1.82) is 0 Å². The molecule has 0 atom stereocenters. The monoisotopic (exact) mass is 360 g/mol. The van der Waals surface area contributed by atoms with Gasteiger partial charge in [0.05, 0.1) is 18.3 Å². The van der Waals surface area contributed by atoms with Crippen LogP contribution in [0.4, 0.5) is 4.79 Å². The van der Waals surface area contributed by atoms with Gasteiger partial charge in [-0.1, -0.05) is 0 Å². The Kier molecular flexibility index (Phi) is 5.29. The number of pyridine rings is 1. The number of hydrogen-bond acceptors (Lipinski definition) is 4. The average molecular weight is 360 g/mol. The van der Waals surface area contributed by atoms with Gasteiger partial charge < -0.3 is 19.5 Å². The topological polar surface area (TPSA) is 71.9 Å². The van der Waals surface area contributed by atoms with Gasteiger partial charge in [-0.05, 0) is 63.4 Å².